The summed E-state index contributed by atoms with van der Waals surface area (Å²) in [4.78, 5) is 38.9. The van der Waals surface area contributed by atoms with Crippen molar-refractivity contribution in [2.24, 2.45) is 5.92 Å². The first-order valence-electron chi connectivity index (χ1n) is 10.8. The molecule has 1 aliphatic heterocycles. The largest absolute Gasteiger partial charge is 0.492 e. The molecule has 1 saturated heterocycles. The molecule has 0 radical (unpaired) electrons. The molecule has 1 aliphatic rings. The average Bonchev–Trinajstić information content (AvgIpc) is 3.49. The molecular weight excluding hydrogens is 422 g/mol. The summed E-state index contributed by atoms with van der Waals surface area (Å²) >= 11 is 0. The van der Waals surface area contributed by atoms with E-state index in [4.69, 9.17) is 9.15 Å². The SMILES string of the molecule is CCOc1ccccc1N1CC(C(=O)NCc2ccc(NC(=O)c3ccco3)cc2)CC1=O. The fourth-order valence-corrected chi connectivity index (χ4v) is 3.71. The molecule has 3 aromatic rings. The second-order valence-corrected chi connectivity index (χ2v) is 7.65. The minimum Gasteiger partial charge on any atom is -0.492 e. The number of nitrogens with one attached hydrogen (secondary N) is 2. The zero-order chi connectivity index (χ0) is 23.2. The normalized spacial score (nSPS) is 15.4. The number of nitrogens with zero attached hydrogens (tertiary/aromatic N) is 1. The summed E-state index contributed by atoms with van der Waals surface area (Å²) in [5.74, 6) is -0.167. The minimum atomic E-state index is -0.431. The second kappa shape index (κ2) is 10.0. The maximum Gasteiger partial charge on any atom is 0.291 e. The van der Waals surface area contributed by atoms with Crippen LogP contribution in [-0.2, 0) is 16.1 Å². The van der Waals surface area contributed by atoms with Gasteiger partial charge in [-0.05, 0) is 48.9 Å². The van der Waals surface area contributed by atoms with Crippen LogP contribution < -0.4 is 20.3 Å². The van der Waals surface area contributed by atoms with Crippen LogP contribution in [0.5, 0.6) is 5.75 Å². The molecule has 1 atom stereocenters. The highest BCUT2D eigenvalue weighted by Crippen LogP contribution is 2.33. The van der Waals surface area contributed by atoms with Crippen molar-refractivity contribution in [3.8, 4) is 5.75 Å². The van der Waals surface area contributed by atoms with Crippen LogP contribution in [0, 0.1) is 5.92 Å². The molecule has 2 heterocycles. The van der Waals surface area contributed by atoms with Gasteiger partial charge in [0.1, 0.15) is 5.75 Å². The van der Waals surface area contributed by atoms with Crippen LogP contribution in [0.4, 0.5) is 11.4 Å². The Morgan fingerprint density at radius 2 is 1.88 bits per heavy atom. The van der Waals surface area contributed by atoms with Gasteiger partial charge in [0.15, 0.2) is 5.76 Å². The fourth-order valence-electron chi connectivity index (χ4n) is 3.71. The molecule has 170 valence electrons. The first-order chi connectivity index (χ1) is 16.0. The van der Waals surface area contributed by atoms with Crippen LogP contribution in [0.1, 0.15) is 29.5 Å². The van der Waals surface area contributed by atoms with Gasteiger partial charge in [-0.3, -0.25) is 14.4 Å². The van der Waals surface area contributed by atoms with Gasteiger partial charge in [-0.2, -0.15) is 0 Å². The lowest BCUT2D eigenvalue weighted by atomic mass is 10.1. The quantitative estimate of drug-likeness (QED) is 0.550. The Labute approximate surface area is 191 Å². The maximum absolute atomic E-state index is 12.7. The van der Waals surface area contributed by atoms with E-state index in [0.29, 0.717) is 36.8 Å². The van der Waals surface area contributed by atoms with Crippen molar-refractivity contribution in [1.82, 2.24) is 5.32 Å². The molecule has 1 unspecified atom stereocenters. The van der Waals surface area contributed by atoms with Crippen LogP contribution in [0.2, 0.25) is 0 Å². The molecule has 2 N–H and O–H groups in total. The predicted molar refractivity (Wildman–Crippen MR) is 123 cm³/mol. The van der Waals surface area contributed by atoms with E-state index in [-0.39, 0.29) is 29.9 Å². The van der Waals surface area contributed by atoms with Crippen LogP contribution in [0.25, 0.3) is 0 Å². The van der Waals surface area contributed by atoms with Gasteiger partial charge in [0, 0.05) is 25.2 Å². The smallest absolute Gasteiger partial charge is 0.291 e. The van der Waals surface area contributed by atoms with Gasteiger partial charge in [0.2, 0.25) is 11.8 Å². The Bertz CT molecular complexity index is 1130. The molecular formula is C25H25N3O5. The van der Waals surface area contributed by atoms with Gasteiger partial charge in [0.25, 0.3) is 5.91 Å². The van der Waals surface area contributed by atoms with Gasteiger partial charge >= 0.3 is 0 Å². The fraction of sp³-hybridized carbons (Fsp3) is 0.240. The standard InChI is InChI=1S/C25H25N3O5/c1-2-32-21-7-4-3-6-20(21)28-16-18(14-23(28)29)24(30)26-15-17-9-11-19(12-10-17)27-25(31)22-8-5-13-33-22/h3-13,18H,2,14-16H2,1H3,(H,26,30)(H,27,31). The highest BCUT2D eigenvalue weighted by molar-refractivity contribution is 6.02. The van der Waals surface area contributed by atoms with Gasteiger partial charge in [-0.1, -0.05) is 24.3 Å². The first kappa shape index (κ1) is 22.1. The number of ether oxygens (including phenoxy) is 1. The number of carbonyl (C=O) groups is 3. The van der Waals surface area contributed by atoms with E-state index in [2.05, 4.69) is 10.6 Å². The summed E-state index contributed by atoms with van der Waals surface area (Å²) < 4.78 is 10.7. The number of hydrogen-bond acceptors (Lipinski definition) is 5. The van der Waals surface area contributed by atoms with Crippen LogP contribution in [-0.4, -0.2) is 30.9 Å². The molecule has 0 saturated carbocycles. The Morgan fingerprint density at radius 3 is 2.61 bits per heavy atom. The van der Waals surface area contributed by atoms with Gasteiger partial charge < -0.3 is 24.7 Å². The average molecular weight is 447 g/mol. The Balaban J connectivity index is 1.31. The summed E-state index contributed by atoms with van der Waals surface area (Å²) in [6, 6.07) is 17.7. The van der Waals surface area contributed by atoms with E-state index in [1.165, 1.54) is 6.26 Å². The number of para-hydroxylation sites is 2. The van der Waals surface area contributed by atoms with Crippen LogP contribution >= 0.6 is 0 Å². The summed E-state index contributed by atoms with van der Waals surface area (Å²) in [5.41, 5.74) is 2.19. The third-order valence-electron chi connectivity index (χ3n) is 5.38. The van der Waals surface area contributed by atoms with E-state index in [0.717, 1.165) is 5.56 Å². The zero-order valence-electron chi connectivity index (χ0n) is 18.2. The molecule has 2 aromatic carbocycles. The van der Waals surface area contributed by atoms with Gasteiger partial charge in [-0.15, -0.1) is 0 Å². The van der Waals surface area contributed by atoms with E-state index >= 15 is 0 Å². The van der Waals surface area contributed by atoms with E-state index in [9.17, 15) is 14.4 Å². The molecule has 0 bridgehead atoms. The molecule has 8 heteroatoms. The number of benzene rings is 2. The van der Waals surface area contributed by atoms with Crippen molar-refractivity contribution in [1.29, 1.82) is 0 Å². The number of hydrogen-bond donors (Lipinski definition) is 2. The lowest BCUT2D eigenvalue weighted by molar-refractivity contribution is -0.126. The van der Waals surface area contributed by atoms with Crippen molar-refractivity contribution in [3.63, 3.8) is 0 Å². The van der Waals surface area contributed by atoms with Crippen molar-refractivity contribution >= 4 is 29.1 Å². The number of carbonyl (C=O) groups excluding carboxylic acids is 3. The van der Waals surface area contributed by atoms with E-state index < -0.39 is 5.92 Å². The molecule has 33 heavy (non-hydrogen) atoms. The molecule has 1 aromatic heterocycles. The zero-order valence-corrected chi connectivity index (χ0v) is 18.2. The predicted octanol–water partition coefficient (Wildman–Crippen LogP) is 3.60. The summed E-state index contributed by atoms with van der Waals surface area (Å²) in [5, 5.41) is 5.65. The maximum atomic E-state index is 12.7. The lowest BCUT2D eigenvalue weighted by Gasteiger charge is -2.20. The Hall–Kier alpha value is -4.07. The van der Waals surface area contributed by atoms with Crippen LogP contribution in [0.3, 0.4) is 0 Å². The molecule has 0 aliphatic carbocycles. The summed E-state index contributed by atoms with van der Waals surface area (Å²) in [6.45, 7) is 3.02. The van der Waals surface area contributed by atoms with E-state index in [1.807, 2.05) is 43.3 Å². The van der Waals surface area contributed by atoms with Crippen molar-refractivity contribution < 1.29 is 23.5 Å². The van der Waals surface area contributed by atoms with Crippen molar-refractivity contribution in [2.45, 2.75) is 19.9 Å². The van der Waals surface area contributed by atoms with E-state index in [1.54, 1.807) is 29.2 Å². The van der Waals surface area contributed by atoms with Crippen molar-refractivity contribution in [2.75, 3.05) is 23.4 Å². The van der Waals surface area contributed by atoms with Crippen molar-refractivity contribution in [3.05, 3.63) is 78.3 Å². The molecule has 3 amide bonds. The third kappa shape index (κ3) is 5.23. The Kier molecular flexibility index (Phi) is 6.73. The highest BCUT2D eigenvalue weighted by atomic mass is 16.5. The van der Waals surface area contributed by atoms with Crippen LogP contribution in [0.15, 0.2) is 71.3 Å². The number of amides is 3. The highest BCUT2D eigenvalue weighted by Gasteiger charge is 2.36. The second-order valence-electron chi connectivity index (χ2n) is 7.65. The molecule has 1 fully saturated rings. The number of rotatable bonds is 8. The molecule has 4 rings (SSSR count). The number of furan rings is 1. The Morgan fingerprint density at radius 1 is 1.09 bits per heavy atom. The molecule has 0 spiro atoms. The summed E-state index contributed by atoms with van der Waals surface area (Å²) in [6.07, 6.45) is 1.60. The lowest BCUT2D eigenvalue weighted by Crippen LogP contribution is -2.32. The summed E-state index contributed by atoms with van der Waals surface area (Å²) in [7, 11) is 0. The first-order valence-corrected chi connectivity index (χ1v) is 10.8. The topological polar surface area (TPSA) is 101 Å². The van der Waals surface area contributed by atoms with Gasteiger partial charge in [-0.25, -0.2) is 0 Å². The monoisotopic (exact) mass is 447 g/mol. The van der Waals surface area contributed by atoms with Gasteiger partial charge in [0.05, 0.1) is 24.5 Å². The third-order valence-corrected chi connectivity index (χ3v) is 5.38. The number of anilines is 2. The minimum absolute atomic E-state index is 0.0982. The molecule has 8 nitrogen and oxygen atoms in total.